The highest BCUT2D eigenvalue weighted by molar-refractivity contribution is 7.12. The molecule has 0 spiro atoms. The summed E-state index contributed by atoms with van der Waals surface area (Å²) >= 11 is 1.78. The van der Waals surface area contributed by atoms with Gasteiger partial charge in [0.1, 0.15) is 8.07 Å². The van der Waals surface area contributed by atoms with Crippen LogP contribution >= 0.6 is 11.3 Å². The van der Waals surface area contributed by atoms with Crippen LogP contribution in [0.2, 0.25) is 19.6 Å². The molecule has 0 aliphatic heterocycles. The van der Waals surface area contributed by atoms with Gasteiger partial charge in [0.15, 0.2) is 0 Å². The Labute approximate surface area is 79.6 Å². The maximum absolute atomic E-state index is 3.35. The highest BCUT2D eigenvalue weighted by Gasteiger charge is 2.07. The van der Waals surface area contributed by atoms with Gasteiger partial charge >= 0.3 is 0 Å². The van der Waals surface area contributed by atoms with E-state index >= 15 is 0 Å². The van der Waals surface area contributed by atoms with Gasteiger partial charge in [-0.25, -0.2) is 0 Å². The molecule has 0 aliphatic carbocycles. The van der Waals surface area contributed by atoms with Gasteiger partial charge in [0.2, 0.25) is 0 Å². The molecule has 0 unspecified atom stereocenters. The molecule has 0 nitrogen and oxygen atoms in total. The second-order valence-electron chi connectivity index (χ2n) is 3.91. The minimum Gasteiger partial charge on any atom is -0.132 e. The lowest BCUT2D eigenvalue weighted by molar-refractivity contribution is 1.64. The van der Waals surface area contributed by atoms with Crippen molar-refractivity contribution in [1.82, 2.24) is 0 Å². The molecule has 0 N–H and O–H groups in total. The fraction of sp³-hybridized carbons (Fsp3) is 0.400. The maximum atomic E-state index is 3.35. The molecule has 0 amide bonds. The molecular formula is C10H14SSi. The zero-order valence-electron chi connectivity index (χ0n) is 8.06. The van der Waals surface area contributed by atoms with E-state index < -0.39 is 8.07 Å². The highest BCUT2D eigenvalue weighted by atomic mass is 32.1. The molecule has 2 heteroatoms. The summed E-state index contributed by atoms with van der Waals surface area (Å²) in [4.78, 5) is 2.55. The van der Waals surface area contributed by atoms with E-state index in [9.17, 15) is 0 Å². The Bertz CT molecular complexity index is 320. The topological polar surface area (TPSA) is 0 Å². The van der Waals surface area contributed by atoms with Crippen LogP contribution in [0.5, 0.6) is 0 Å². The summed E-state index contributed by atoms with van der Waals surface area (Å²) in [6.45, 7) is 8.91. The number of hydrogen-bond acceptors (Lipinski definition) is 1. The Hall–Kier alpha value is -0.523. The van der Waals surface area contributed by atoms with Crippen molar-refractivity contribution in [2.75, 3.05) is 0 Å². The van der Waals surface area contributed by atoms with E-state index in [1.54, 1.807) is 11.3 Å². The maximum Gasteiger partial charge on any atom is 0.129 e. The molecule has 0 fully saturated rings. The summed E-state index contributed by atoms with van der Waals surface area (Å²) in [5.41, 5.74) is 3.35. The average molecular weight is 194 g/mol. The van der Waals surface area contributed by atoms with Crippen LogP contribution in [-0.2, 0) is 0 Å². The lowest BCUT2D eigenvalue weighted by Gasteiger charge is -2.02. The fourth-order valence-electron chi connectivity index (χ4n) is 0.751. The van der Waals surface area contributed by atoms with Gasteiger partial charge in [-0.15, -0.1) is 16.9 Å². The third-order valence-electron chi connectivity index (χ3n) is 1.30. The van der Waals surface area contributed by atoms with E-state index in [0.717, 1.165) is 0 Å². The van der Waals surface area contributed by atoms with E-state index in [2.05, 4.69) is 50.2 Å². The van der Waals surface area contributed by atoms with Gasteiger partial charge in [0.25, 0.3) is 0 Å². The highest BCUT2D eigenvalue weighted by Crippen LogP contribution is 2.13. The van der Waals surface area contributed by atoms with Crippen molar-refractivity contribution in [1.29, 1.82) is 0 Å². The molecule has 0 radical (unpaired) electrons. The molecule has 1 rings (SSSR count). The van der Waals surface area contributed by atoms with Crippen molar-refractivity contribution in [2.24, 2.45) is 0 Å². The summed E-state index contributed by atoms with van der Waals surface area (Å²) in [6.07, 6.45) is 0. The molecular weight excluding hydrogens is 180 g/mol. The smallest absolute Gasteiger partial charge is 0.129 e. The van der Waals surface area contributed by atoms with Crippen LogP contribution in [0.25, 0.3) is 0 Å². The first kappa shape index (κ1) is 9.56. The fourth-order valence-corrected chi connectivity index (χ4v) is 2.07. The second kappa shape index (κ2) is 3.47. The van der Waals surface area contributed by atoms with Crippen molar-refractivity contribution < 1.29 is 0 Å². The first-order chi connectivity index (χ1) is 5.47. The van der Waals surface area contributed by atoms with Gasteiger partial charge in [0.05, 0.1) is 4.88 Å². The third-order valence-corrected chi connectivity index (χ3v) is 3.09. The Morgan fingerprint density at radius 2 is 1.92 bits per heavy atom. The van der Waals surface area contributed by atoms with Crippen LogP contribution in [0.15, 0.2) is 12.1 Å². The molecule has 64 valence electrons. The largest absolute Gasteiger partial charge is 0.132 e. The van der Waals surface area contributed by atoms with Crippen LogP contribution < -0.4 is 0 Å². The zero-order chi connectivity index (χ0) is 9.19. The molecule has 0 aliphatic rings. The Kier molecular flexibility index (Phi) is 2.76. The molecule has 0 saturated carbocycles. The van der Waals surface area contributed by atoms with E-state index in [-0.39, 0.29) is 0 Å². The van der Waals surface area contributed by atoms with E-state index in [1.165, 1.54) is 9.75 Å². The number of hydrogen-bond donors (Lipinski definition) is 0. The summed E-state index contributed by atoms with van der Waals surface area (Å²) in [6, 6.07) is 4.23. The van der Waals surface area contributed by atoms with Gasteiger partial charge in [-0.2, -0.15) is 0 Å². The first-order valence-corrected chi connectivity index (χ1v) is 8.39. The standard InChI is InChI=1S/C10H14SSi/c1-9-5-6-10(11-9)7-8-12(2,3)4/h5-6H,1-4H3. The summed E-state index contributed by atoms with van der Waals surface area (Å²) in [7, 11) is -1.19. The average Bonchev–Trinajstić information content (AvgIpc) is 2.30. The number of thiophene rings is 1. The lowest BCUT2D eigenvalue weighted by Crippen LogP contribution is -2.16. The summed E-state index contributed by atoms with van der Waals surface area (Å²) in [5, 5.41) is 0. The van der Waals surface area contributed by atoms with E-state index in [4.69, 9.17) is 0 Å². The quantitative estimate of drug-likeness (QED) is 0.439. The second-order valence-corrected chi connectivity index (χ2v) is 9.95. The summed E-state index contributed by atoms with van der Waals surface area (Å²) in [5.74, 6) is 3.24. The van der Waals surface area contributed by atoms with E-state index in [0.29, 0.717) is 0 Å². The summed E-state index contributed by atoms with van der Waals surface area (Å²) < 4.78 is 0. The Morgan fingerprint density at radius 1 is 1.25 bits per heavy atom. The zero-order valence-corrected chi connectivity index (χ0v) is 9.88. The van der Waals surface area contributed by atoms with Crippen molar-refractivity contribution in [2.45, 2.75) is 26.6 Å². The molecule has 1 aromatic rings. The minimum atomic E-state index is -1.19. The van der Waals surface area contributed by atoms with Crippen molar-refractivity contribution >= 4 is 19.4 Å². The monoisotopic (exact) mass is 194 g/mol. The molecule has 0 bridgehead atoms. The van der Waals surface area contributed by atoms with Crippen molar-refractivity contribution in [3.8, 4) is 11.5 Å². The predicted molar refractivity (Wildman–Crippen MR) is 59.3 cm³/mol. The SMILES string of the molecule is Cc1ccc(C#C[Si](C)(C)C)s1. The van der Waals surface area contributed by atoms with Crippen LogP contribution in [0.1, 0.15) is 9.75 Å². The molecule has 0 saturated heterocycles. The van der Waals surface area contributed by atoms with Crippen LogP contribution in [-0.4, -0.2) is 8.07 Å². The lowest BCUT2D eigenvalue weighted by atomic mass is 10.4. The van der Waals surface area contributed by atoms with Gasteiger partial charge in [-0.1, -0.05) is 25.6 Å². The number of aryl methyl sites for hydroxylation is 1. The minimum absolute atomic E-state index is 1.19. The number of rotatable bonds is 0. The molecule has 0 atom stereocenters. The van der Waals surface area contributed by atoms with Crippen LogP contribution in [0.4, 0.5) is 0 Å². The van der Waals surface area contributed by atoms with Crippen LogP contribution in [0.3, 0.4) is 0 Å². The van der Waals surface area contributed by atoms with Gasteiger partial charge in [-0.3, -0.25) is 0 Å². The molecule has 12 heavy (non-hydrogen) atoms. The Morgan fingerprint density at radius 3 is 2.33 bits per heavy atom. The van der Waals surface area contributed by atoms with Gasteiger partial charge in [-0.05, 0) is 19.1 Å². The molecule has 0 aromatic carbocycles. The van der Waals surface area contributed by atoms with Gasteiger partial charge in [0, 0.05) is 4.88 Å². The van der Waals surface area contributed by atoms with Crippen molar-refractivity contribution in [3.05, 3.63) is 21.9 Å². The van der Waals surface area contributed by atoms with Crippen LogP contribution in [0, 0.1) is 18.4 Å². The molecule has 1 aromatic heterocycles. The van der Waals surface area contributed by atoms with Crippen molar-refractivity contribution in [3.63, 3.8) is 0 Å². The molecule has 1 heterocycles. The van der Waals surface area contributed by atoms with E-state index in [1.807, 2.05) is 0 Å². The first-order valence-electron chi connectivity index (χ1n) is 4.07. The third kappa shape index (κ3) is 3.25. The Balaban J connectivity index is 2.80. The normalized spacial score (nSPS) is 10.7. The van der Waals surface area contributed by atoms with Gasteiger partial charge < -0.3 is 0 Å². The predicted octanol–water partition coefficient (Wildman–Crippen LogP) is 3.29.